The molecule has 1 aromatic carbocycles. The zero-order valence-electron chi connectivity index (χ0n) is 14.9. The second kappa shape index (κ2) is 8.72. The van der Waals surface area contributed by atoms with Crippen molar-refractivity contribution in [3.63, 3.8) is 0 Å². The molecule has 0 spiro atoms. The van der Waals surface area contributed by atoms with E-state index < -0.39 is 29.2 Å². The van der Waals surface area contributed by atoms with E-state index in [4.69, 9.17) is 9.47 Å². The van der Waals surface area contributed by atoms with E-state index in [0.29, 0.717) is 10.2 Å². The number of rotatable bonds is 7. The first-order valence-electron chi connectivity index (χ1n) is 7.99. The van der Waals surface area contributed by atoms with Gasteiger partial charge in [-0.05, 0) is 39.0 Å². The van der Waals surface area contributed by atoms with Gasteiger partial charge in [-0.1, -0.05) is 22.0 Å². The van der Waals surface area contributed by atoms with Crippen LogP contribution in [0.25, 0.3) is 5.69 Å². The summed E-state index contributed by atoms with van der Waals surface area (Å²) in [7, 11) is 0. The van der Waals surface area contributed by atoms with Crippen LogP contribution in [0.2, 0.25) is 0 Å². The highest BCUT2D eigenvalue weighted by Gasteiger charge is 2.27. The fourth-order valence-corrected chi connectivity index (χ4v) is 2.63. The standard InChI is InChI=1S/C18H17BrN2O6/c1-4-26-18(25)16-14(27-17(10(2)22)11(3)23)9-15(24)21(20-16)13-7-5-6-12(19)8-13/h5-9,17H,4H2,1-3H3. The van der Waals surface area contributed by atoms with Gasteiger partial charge in [-0.2, -0.15) is 9.78 Å². The van der Waals surface area contributed by atoms with Crippen molar-refractivity contribution in [3.05, 3.63) is 50.9 Å². The molecular formula is C18H17BrN2O6. The van der Waals surface area contributed by atoms with Gasteiger partial charge in [0.05, 0.1) is 18.4 Å². The molecule has 0 aliphatic heterocycles. The summed E-state index contributed by atoms with van der Waals surface area (Å²) >= 11 is 3.30. The molecule has 0 aliphatic carbocycles. The Kier molecular flexibility index (Phi) is 6.62. The van der Waals surface area contributed by atoms with Gasteiger partial charge in [0.1, 0.15) is 0 Å². The molecular weight excluding hydrogens is 420 g/mol. The third kappa shape index (κ3) is 4.88. The molecule has 27 heavy (non-hydrogen) atoms. The number of carbonyl (C=O) groups is 3. The first kappa shape index (κ1) is 20.5. The Hall–Kier alpha value is -2.81. The van der Waals surface area contributed by atoms with Crippen LogP contribution in [0.4, 0.5) is 0 Å². The van der Waals surface area contributed by atoms with Gasteiger partial charge in [-0.25, -0.2) is 4.79 Å². The normalized spacial score (nSPS) is 10.6. The summed E-state index contributed by atoms with van der Waals surface area (Å²) in [6.45, 7) is 4.02. The molecule has 0 N–H and O–H groups in total. The predicted octanol–water partition coefficient (Wildman–Crippen LogP) is 2.10. The Labute approximate surface area is 163 Å². The number of carbonyl (C=O) groups excluding carboxylic acids is 3. The van der Waals surface area contributed by atoms with Crippen LogP contribution in [0, 0.1) is 0 Å². The average molecular weight is 437 g/mol. The van der Waals surface area contributed by atoms with Crippen LogP contribution in [-0.2, 0) is 14.3 Å². The molecule has 1 heterocycles. The van der Waals surface area contributed by atoms with Gasteiger partial charge in [0.15, 0.2) is 17.3 Å². The van der Waals surface area contributed by atoms with Gasteiger partial charge in [-0.3, -0.25) is 14.4 Å². The summed E-state index contributed by atoms with van der Waals surface area (Å²) in [5.41, 5.74) is -0.521. The largest absolute Gasteiger partial charge is 0.472 e. The summed E-state index contributed by atoms with van der Waals surface area (Å²) in [4.78, 5) is 48.1. The summed E-state index contributed by atoms with van der Waals surface area (Å²) in [6.07, 6.45) is -1.44. The van der Waals surface area contributed by atoms with E-state index in [9.17, 15) is 19.2 Å². The number of ether oxygens (including phenoxy) is 2. The van der Waals surface area contributed by atoms with Crippen LogP contribution in [0.5, 0.6) is 5.75 Å². The van der Waals surface area contributed by atoms with E-state index in [1.165, 1.54) is 13.8 Å². The molecule has 1 aromatic heterocycles. The quantitative estimate of drug-likeness (QED) is 0.483. The van der Waals surface area contributed by atoms with Crippen molar-refractivity contribution in [1.29, 1.82) is 0 Å². The number of Topliss-reactive ketones (excluding diaryl/α,β-unsaturated/α-hetero) is 2. The lowest BCUT2D eigenvalue weighted by atomic mass is 10.2. The minimum absolute atomic E-state index is 0.0683. The molecule has 0 saturated carbocycles. The summed E-state index contributed by atoms with van der Waals surface area (Å²) in [5, 5.41) is 4.04. The first-order chi connectivity index (χ1) is 12.7. The zero-order valence-corrected chi connectivity index (χ0v) is 16.5. The second-order valence-corrected chi connectivity index (χ2v) is 6.44. The minimum atomic E-state index is -1.44. The van der Waals surface area contributed by atoms with E-state index in [2.05, 4.69) is 21.0 Å². The van der Waals surface area contributed by atoms with Crippen molar-refractivity contribution in [2.45, 2.75) is 26.9 Å². The van der Waals surface area contributed by atoms with Crippen molar-refractivity contribution in [2.24, 2.45) is 0 Å². The van der Waals surface area contributed by atoms with Crippen LogP contribution in [-0.4, -0.2) is 40.0 Å². The van der Waals surface area contributed by atoms with E-state index >= 15 is 0 Å². The van der Waals surface area contributed by atoms with Gasteiger partial charge < -0.3 is 9.47 Å². The van der Waals surface area contributed by atoms with Crippen molar-refractivity contribution in [2.75, 3.05) is 6.61 Å². The predicted molar refractivity (Wildman–Crippen MR) is 99.3 cm³/mol. The Morgan fingerprint density at radius 3 is 2.41 bits per heavy atom. The minimum Gasteiger partial charge on any atom is -0.472 e. The maximum Gasteiger partial charge on any atom is 0.362 e. The van der Waals surface area contributed by atoms with Crippen molar-refractivity contribution >= 4 is 33.5 Å². The molecule has 0 bridgehead atoms. The third-order valence-electron chi connectivity index (χ3n) is 3.40. The number of aromatic nitrogens is 2. The lowest BCUT2D eigenvalue weighted by Gasteiger charge is -2.16. The van der Waals surface area contributed by atoms with Gasteiger partial charge in [0.25, 0.3) is 5.56 Å². The van der Waals surface area contributed by atoms with Gasteiger partial charge in [-0.15, -0.1) is 0 Å². The van der Waals surface area contributed by atoms with Crippen molar-refractivity contribution in [3.8, 4) is 11.4 Å². The zero-order chi connectivity index (χ0) is 20.1. The third-order valence-corrected chi connectivity index (χ3v) is 3.89. The molecule has 8 nitrogen and oxygen atoms in total. The molecule has 142 valence electrons. The van der Waals surface area contributed by atoms with E-state index in [1.807, 2.05) is 0 Å². The molecule has 0 fully saturated rings. The average Bonchev–Trinajstić information content (AvgIpc) is 2.59. The summed E-state index contributed by atoms with van der Waals surface area (Å²) in [6, 6.07) is 7.73. The lowest BCUT2D eigenvalue weighted by molar-refractivity contribution is -0.134. The van der Waals surface area contributed by atoms with Crippen LogP contribution in [0.1, 0.15) is 31.3 Å². The van der Waals surface area contributed by atoms with Crippen LogP contribution < -0.4 is 10.3 Å². The molecule has 2 aromatic rings. The monoisotopic (exact) mass is 436 g/mol. The highest BCUT2D eigenvalue weighted by molar-refractivity contribution is 9.10. The van der Waals surface area contributed by atoms with Crippen LogP contribution in [0.15, 0.2) is 39.6 Å². The Bertz CT molecular complexity index is 939. The molecule has 0 atom stereocenters. The highest BCUT2D eigenvalue weighted by atomic mass is 79.9. The van der Waals surface area contributed by atoms with Crippen molar-refractivity contribution < 1.29 is 23.9 Å². The summed E-state index contributed by atoms with van der Waals surface area (Å²) in [5.74, 6) is -2.26. The lowest BCUT2D eigenvalue weighted by Crippen LogP contribution is -2.34. The highest BCUT2D eigenvalue weighted by Crippen LogP contribution is 2.19. The maximum absolute atomic E-state index is 12.5. The maximum atomic E-state index is 12.5. The Morgan fingerprint density at radius 2 is 1.85 bits per heavy atom. The molecule has 9 heteroatoms. The Balaban J connectivity index is 2.61. The number of nitrogens with zero attached hydrogens (tertiary/aromatic N) is 2. The fraction of sp³-hybridized carbons (Fsp3) is 0.278. The van der Waals surface area contributed by atoms with E-state index in [-0.39, 0.29) is 18.1 Å². The first-order valence-corrected chi connectivity index (χ1v) is 8.79. The molecule has 2 rings (SSSR count). The summed E-state index contributed by atoms with van der Waals surface area (Å²) < 4.78 is 12.0. The Morgan fingerprint density at radius 1 is 1.19 bits per heavy atom. The van der Waals surface area contributed by atoms with Gasteiger partial charge in [0, 0.05) is 4.47 Å². The second-order valence-electron chi connectivity index (χ2n) is 5.53. The molecule has 0 unspecified atom stereocenters. The molecule has 0 amide bonds. The molecule has 0 aliphatic rings. The number of hydrogen-bond acceptors (Lipinski definition) is 7. The number of esters is 1. The number of hydrogen-bond donors (Lipinski definition) is 0. The fourth-order valence-electron chi connectivity index (χ4n) is 2.24. The number of benzene rings is 1. The smallest absolute Gasteiger partial charge is 0.362 e. The molecule has 0 radical (unpaired) electrons. The van der Waals surface area contributed by atoms with Crippen molar-refractivity contribution in [1.82, 2.24) is 9.78 Å². The van der Waals surface area contributed by atoms with E-state index in [1.54, 1.807) is 31.2 Å². The topological polar surface area (TPSA) is 105 Å². The van der Waals surface area contributed by atoms with Gasteiger partial charge >= 0.3 is 5.97 Å². The number of halogens is 1. The van der Waals surface area contributed by atoms with Crippen LogP contribution >= 0.6 is 15.9 Å². The molecule has 0 saturated heterocycles. The van der Waals surface area contributed by atoms with E-state index in [0.717, 1.165) is 10.7 Å². The SMILES string of the molecule is CCOC(=O)c1nn(-c2cccc(Br)c2)c(=O)cc1OC(C(C)=O)C(C)=O. The van der Waals surface area contributed by atoms with Gasteiger partial charge in [0.2, 0.25) is 11.8 Å². The number of ketones is 2. The van der Waals surface area contributed by atoms with Crippen LogP contribution in [0.3, 0.4) is 0 Å².